The van der Waals surface area contributed by atoms with Gasteiger partial charge in [-0.25, -0.2) is 4.98 Å². The molecule has 0 amide bonds. The van der Waals surface area contributed by atoms with Gasteiger partial charge in [-0.15, -0.1) is 0 Å². The highest BCUT2D eigenvalue weighted by molar-refractivity contribution is 7.16. The summed E-state index contributed by atoms with van der Waals surface area (Å²) in [5.41, 5.74) is 0.269. The number of carboxylic acids is 1. The van der Waals surface area contributed by atoms with Crippen molar-refractivity contribution in [3.63, 3.8) is 0 Å². The molecule has 19 heavy (non-hydrogen) atoms. The molecule has 0 aromatic carbocycles. The number of carboxylic acid groups (broad SMARTS) is 1. The standard InChI is InChI=1S/C11H14N4O3S/c1-3-8-14-15-9(16)4-7(13-11(15)19-8)5-12-6(2)10(17)18/h4,6,12H,3,5H2,1-2H3,(H,17,18)/t6-/m0/s1. The van der Waals surface area contributed by atoms with E-state index >= 15 is 0 Å². The Morgan fingerprint density at radius 1 is 1.63 bits per heavy atom. The summed E-state index contributed by atoms with van der Waals surface area (Å²) in [6, 6.07) is 0.682. The Labute approximate surface area is 112 Å². The van der Waals surface area contributed by atoms with E-state index in [4.69, 9.17) is 5.11 Å². The van der Waals surface area contributed by atoms with Crippen LogP contribution in [-0.4, -0.2) is 31.7 Å². The monoisotopic (exact) mass is 282 g/mol. The smallest absolute Gasteiger partial charge is 0.320 e. The van der Waals surface area contributed by atoms with Gasteiger partial charge in [0.05, 0.1) is 5.69 Å². The molecule has 0 fully saturated rings. The number of fused-ring (bicyclic) bond motifs is 1. The second kappa shape index (κ2) is 5.45. The van der Waals surface area contributed by atoms with Crippen LogP contribution in [-0.2, 0) is 17.8 Å². The molecule has 102 valence electrons. The topological polar surface area (TPSA) is 96.6 Å². The summed E-state index contributed by atoms with van der Waals surface area (Å²) in [5.74, 6) is -0.941. The fourth-order valence-electron chi connectivity index (χ4n) is 1.47. The minimum atomic E-state index is -0.941. The highest BCUT2D eigenvalue weighted by Crippen LogP contribution is 2.11. The van der Waals surface area contributed by atoms with Gasteiger partial charge in [-0.3, -0.25) is 14.9 Å². The quantitative estimate of drug-likeness (QED) is 0.817. The lowest BCUT2D eigenvalue weighted by molar-refractivity contribution is -0.139. The average molecular weight is 282 g/mol. The Bertz CT molecular complexity index is 663. The number of aryl methyl sites for hydroxylation is 1. The maximum Gasteiger partial charge on any atom is 0.320 e. The van der Waals surface area contributed by atoms with Crippen LogP contribution in [0.2, 0.25) is 0 Å². The van der Waals surface area contributed by atoms with E-state index in [1.807, 2.05) is 6.92 Å². The largest absolute Gasteiger partial charge is 0.480 e. The van der Waals surface area contributed by atoms with Crippen LogP contribution in [0.15, 0.2) is 10.9 Å². The summed E-state index contributed by atoms with van der Waals surface area (Å²) in [6.45, 7) is 3.73. The van der Waals surface area contributed by atoms with Crippen LogP contribution in [0.5, 0.6) is 0 Å². The lowest BCUT2D eigenvalue weighted by atomic mass is 10.3. The molecule has 0 unspecified atom stereocenters. The molecule has 0 spiro atoms. The Kier molecular flexibility index (Phi) is 3.91. The van der Waals surface area contributed by atoms with Crippen LogP contribution in [0.25, 0.3) is 4.96 Å². The summed E-state index contributed by atoms with van der Waals surface area (Å²) < 4.78 is 1.27. The van der Waals surface area contributed by atoms with E-state index in [-0.39, 0.29) is 12.1 Å². The first-order valence-corrected chi connectivity index (χ1v) is 6.67. The van der Waals surface area contributed by atoms with Crippen LogP contribution in [0.1, 0.15) is 24.5 Å². The zero-order valence-electron chi connectivity index (χ0n) is 10.6. The number of aliphatic carboxylic acids is 1. The molecular formula is C11H14N4O3S. The zero-order chi connectivity index (χ0) is 14.0. The molecular weight excluding hydrogens is 268 g/mol. The van der Waals surface area contributed by atoms with Crippen LogP contribution >= 0.6 is 11.3 Å². The molecule has 2 rings (SSSR count). The van der Waals surface area contributed by atoms with Gasteiger partial charge in [0.25, 0.3) is 5.56 Å². The van der Waals surface area contributed by atoms with Gasteiger partial charge < -0.3 is 5.11 Å². The van der Waals surface area contributed by atoms with Gasteiger partial charge in [0, 0.05) is 12.6 Å². The van der Waals surface area contributed by atoms with Gasteiger partial charge in [-0.2, -0.15) is 9.61 Å². The van der Waals surface area contributed by atoms with E-state index in [0.717, 1.165) is 11.4 Å². The Morgan fingerprint density at radius 2 is 2.37 bits per heavy atom. The summed E-state index contributed by atoms with van der Waals surface area (Å²) in [6.07, 6.45) is 0.747. The Hall–Kier alpha value is -1.80. The number of aromatic nitrogens is 3. The summed E-state index contributed by atoms with van der Waals surface area (Å²) >= 11 is 1.36. The van der Waals surface area contributed by atoms with E-state index in [1.165, 1.54) is 28.8 Å². The van der Waals surface area contributed by atoms with Crippen molar-refractivity contribution < 1.29 is 9.90 Å². The van der Waals surface area contributed by atoms with Crippen molar-refractivity contribution in [3.05, 3.63) is 27.1 Å². The van der Waals surface area contributed by atoms with Crippen molar-refractivity contribution in [2.75, 3.05) is 0 Å². The highest BCUT2D eigenvalue weighted by Gasteiger charge is 2.12. The number of nitrogens with one attached hydrogen (secondary N) is 1. The number of rotatable bonds is 5. The zero-order valence-corrected chi connectivity index (χ0v) is 11.4. The van der Waals surface area contributed by atoms with Gasteiger partial charge in [0.2, 0.25) is 4.96 Å². The molecule has 0 aliphatic rings. The average Bonchev–Trinajstić information content (AvgIpc) is 2.79. The summed E-state index contributed by atoms with van der Waals surface area (Å²) in [4.78, 5) is 27.3. The molecule has 0 aliphatic carbocycles. The molecule has 7 nitrogen and oxygen atoms in total. The van der Waals surface area contributed by atoms with Crippen molar-refractivity contribution in [1.29, 1.82) is 0 Å². The second-order valence-corrected chi connectivity index (χ2v) is 5.11. The highest BCUT2D eigenvalue weighted by atomic mass is 32.1. The van der Waals surface area contributed by atoms with Crippen LogP contribution in [0, 0.1) is 0 Å². The second-order valence-electron chi connectivity index (χ2n) is 4.07. The van der Waals surface area contributed by atoms with Crippen molar-refractivity contribution in [2.45, 2.75) is 32.9 Å². The molecule has 0 saturated heterocycles. The fourth-order valence-corrected chi connectivity index (χ4v) is 2.33. The first kappa shape index (κ1) is 13.6. The molecule has 0 saturated carbocycles. The van der Waals surface area contributed by atoms with Crippen molar-refractivity contribution in [2.24, 2.45) is 0 Å². The first-order valence-electron chi connectivity index (χ1n) is 5.86. The SMILES string of the molecule is CCc1nn2c(=O)cc(CN[C@@H](C)C(=O)O)nc2s1. The minimum Gasteiger partial charge on any atom is -0.480 e. The van der Waals surface area contributed by atoms with Gasteiger partial charge in [-0.05, 0) is 13.3 Å². The van der Waals surface area contributed by atoms with E-state index < -0.39 is 12.0 Å². The lowest BCUT2D eigenvalue weighted by Gasteiger charge is -2.07. The van der Waals surface area contributed by atoms with Crippen LogP contribution in [0.3, 0.4) is 0 Å². The molecule has 2 heterocycles. The Balaban J connectivity index is 2.25. The molecule has 0 aliphatic heterocycles. The summed E-state index contributed by atoms with van der Waals surface area (Å²) in [5, 5.41) is 16.5. The predicted octanol–water partition coefficient (Wildman–Crippen LogP) is 0.276. The van der Waals surface area contributed by atoms with Crippen molar-refractivity contribution >= 4 is 22.3 Å². The summed E-state index contributed by atoms with van der Waals surface area (Å²) in [7, 11) is 0. The molecule has 1 atom stereocenters. The molecule has 2 N–H and O–H groups in total. The molecule has 0 bridgehead atoms. The maximum absolute atomic E-state index is 11.8. The fraction of sp³-hybridized carbons (Fsp3) is 0.455. The number of hydrogen-bond donors (Lipinski definition) is 2. The van der Waals surface area contributed by atoms with Crippen molar-refractivity contribution in [1.82, 2.24) is 19.9 Å². The van der Waals surface area contributed by atoms with Crippen LogP contribution in [0.4, 0.5) is 0 Å². The van der Waals surface area contributed by atoms with Gasteiger partial charge in [-0.1, -0.05) is 18.3 Å². The van der Waals surface area contributed by atoms with Gasteiger partial charge >= 0.3 is 5.97 Å². The first-order chi connectivity index (χ1) is 9.01. The van der Waals surface area contributed by atoms with Crippen molar-refractivity contribution in [3.8, 4) is 0 Å². The molecule has 0 radical (unpaired) electrons. The molecule has 8 heteroatoms. The maximum atomic E-state index is 11.8. The lowest BCUT2D eigenvalue weighted by Crippen LogP contribution is -2.33. The van der Waals surface area contributed by atoms with Gasteiger partial charge in [0.1, 0.15) is 11.0 Å². The normalized spacial score (nSPS) is 12.7. The van der Waals surface area contributed by atoms with E-state index in [1.54, 1.807) is 0 Å². The number of nitrogens with zero attached hydrogens (tertiary/aromatic N) is 3. The third-order valence-electron chi connectivity index (χ3n) is 2.60. The van der Waals surface area contributed by atoms with E-state index in [2.05, 4.69) is 15.4 Å². The molecule has 2 aromatic rings. The third-order valence-corrected chi connectivity index (χ3v) is 3.65. The van der Waals surface area contributed by atoms with Gasteiger partial charge in [0.15, 0.2) is 0 Å². The van der Waals surface area contributed by atoms with E-state index in [0.29, 0.717) is 10.7 Å². The number of hydrogen-bond acceptors (Lipinski definition) is 6. The Morgan fingerprint density at radius 3 is 3.00 bits per heavy atom. The van der Waals surface area contributed by atoms with Crippen LogP contribution < -0.4 is 10.9 Å². The molecule has 2 aromatic heterocycles. The predicted molar refractivity (Wildman–Crippen MR) is 70.4 cm³/mol. The minimum absolute atomic E-state index is 0.235. The number of carbonyl (C=O) groups is 1. The van der Waals surface area contributed by atoms with E-state index in [9.17, 15) is 9.59 Å². The third kappa shape index (κ3) is 2.96.